The first-order valence-corrected chi connectivity index (χ1v) is 4.78. The van der Waals surface area contributed by atoms with Gasteiger partial charge in [-0.3, -0.25) is 0 Å². The van der Waals surface area contributed by atoms with E-state index in [0.717, 1.165) is 6.42 Å². The van der Waals surface area contributed by atoms with Gasteiger partial charge in [-0.05, 0) is 34.8 Å². The van der Waals surface area contributed by atoms with E-state index >= 15 is 0 Å². The van der Waals surface area contributed by atoms with Crippen molar-refractivity contribution in [3.05, 3.63) is 27.7 Å². The number of benzene rings is 1. The zero-order valence-corrected chi connectivity index (χ0v) is 8.33. The van der Waals surface area contributed by atoms with Gasteiger partial charge in [0.15, 0.2) is 11.6 Å². The number of fused-ring (bicyclic) bond motifs is 1. The van der Waals surface area contributed by atoms with E-state index in [9.17, 15) is 8.78 Å². The molecular weight excluding hydrogens is 242 g/mol. The SMILES string of the molecule is Fc1cc2c(c(F)c1Br)OCCC2. The molecule has 1 aromatic carbocycles. The van der Waals surface area contributed by atoms with Gasteiger partial charge in [0, 0.05) is 5.56 Å². The van der Waals surface area contributed by atoms with Crippen LogP contribution >= 0.6 is 15.9 Å². The van der Waals surface area contributed by atoms with E-state index < -0.39 is 11.6 Å². The van der Waals surface area contributed by atoms with E-state index in [4.69, 9.17) is 4.74 Å². The van der Waals surface area contributed by atoms with Gasteiger partial charge in [-0.25, -0.2) is 8.78 Å². The summed E-state index contributed by atoms with van der Waals surface area (Å²) in [7, 11) is 0. The molecule has 1 aromatic rings. The largest absolute Gasteiger partial charge is 0.490 e. The summed E-state index contributed by atoms with van der Waals surface area (Å²) in [5, 5.41) is 0. The van der Waals surface area contributed by atoms with Crippen LogP contribution in [0.25, 0.3) is 0 Å². The second kappa shape index (κ2) is 3.25. The van der Waals surface area contributed by atoms with Gasteiger partial charge >= 0.3 is 0 Å². The lowest BCUT2D eigenvalue weighted by molar-refractivity contribution is 0.271. The number of aryl methyl sites for hydroxylation is 1. The first-order chi connectivity index (χ1) is 6.20. The van der Waals surface area contributed by atoms with Crippen molar-refractivity contribution in [3.63, 3.8) is 0 Å². The van der Waals surface area contributed by atoms with Crippen molar-refractivity contribution in [2.75, 3.05) is 6.61 Å². The maximum Gasteiger partial charge on any atom is 0.182 e. The molecule has 0 fully saturated rings. The van der Waals surface area contributed by atoms with Gasteiger partial charge in [-0.2, -0.15) is 0 Å². The summed E-state index contributed by atoms with van der Waals surface area (Å²) >= 11 is 2.83. The Labute approximate surface area is 82.8 Å². The van der Waals surface area contributed by atoms with Crippen LogP contribution in [-0.2, 0) is 6.42 Å². The Morgan fingerprint density at radius 2 is 2.15 bits per heavy atom. The Hall–Kier alpha value is -0.640. The van der Waals surface area contributed by atoms with Crippen molar-refractivity contribution in [1.82, 2.24) is 0 Å². The molecule has 1 aliphatic heterocycles. The van der Waals surface area contributed by atoms with Gasteiger partial charge in [0.25, 0.3) is 0 Å². The normalized spacial score (nSPS) is 15.0. The van der Waals surface area contributed by atoms with Crippen LogP contribution in [0.5, 0.6) is 5.75 Å². The van der Waals surface area contributed by atoms with Crippen LogP contribution in [0, 0.1) is 11.6 Å². The quantitative estimate of drug-likeness (QED) is 0.642. The fraction of sp³-hybridized carbons (Fsp3) is 0.333. The van der Waals surface area contributed by atoms with Crippen molar-refractivity contribution < 1.29 is 13.5 Å². The molecule has 0 atom stereocenters. The number of hydrogen-bond acceptors (Lipinski definition) is 1. The van der Waals surface area contributed by atoms with E-state index in [0.29, 0.717) is 18.6 Å². The maximum atomic E-state index is 13.3. The van der Waals surface area contributed by atoms with Crippen LogP contribution in [0.2, 0.25) is 0 Å². The molecule has 0 saturated heterocycles. The second-order valence-corrected chi connectivity index (χ2v) is 3.72. The van der Waals surface area contributed by atoms with Crippen molar-refractivity contribution in [3.8, 4) is 5.75 Å². The molecule has 0 bridgehead atoms. The third kappa shape index (κ3) is 1.43. The summed E-state index contributed by atoms with van der Waals surface area (Å²) in [6.07, 6.45) is 1.49. The van der Waals surface area contributed by atoms with E-state index in [1.165, 1.54) is 6.07 Å². The summed E-state index contributed by atoms with van der Waals surface area (Å²) < 4.78 is 31.3. The lowest BCUT2D eigenvalue weighted by atomic mass is 10.1. The molecule has 70 valence electrons. The van der Waals surface area contributed by atoms with Crippen molar-refractivity contribution >= 4 is 15.9 Å². The molecule has 0 unspecified atom stereocenters. The molecule has 1 aliphatic rings. The topological polar surface area (TPSA) is 9.23 Å². The predicted octanol–water partition coefficient (Wildman–Crippen LogP) is 3.05. The Morgan fingerprint density at radius 1 is 1.38 bits per heavy atom. The number of ether oxygens (including phenoxy) is 1. The van der Waals surface area contributed by atoms with Crippen molar-refractivity contribution in [2.24, 2.45) is 0 Å². The van der Waals surface area contributed by atoms with Gasteiger partial charge in [0.1, 0.15) is 5.82 Å². The highest BCUT2D eigenvalue weighted by molar-refractivity contribution is 9.10. The highest BCUT2D eigenvalue weighted by atomic mass is 79.9. The molecule has 0 N–H and O–H groups in total. The lowest BCUT2D eigenvalue weighted by Gasteiger charge is -2.18. The van der Waals surface area contributed by atoms with Crippen LogP contribution in [-0.4, -0.2) is 6.61 Å². The van der Waals surface area contributed by atoms with Gasteiger partial charge < -0.3 is 4.74 Å². The average molecular weight is 249 g/mol. The van der Waals surface area contributed by atoms with Crippen LogP contribution in [0.1, 0.15) is 12.0 Å². The van der Waals surface area contributed by atoms with Gasteiger partial charge in [-0.15, -0.1) is 0 Å². The molecule has 0 spiro atoms. The smallest absolute Gasteiger partial charge is 0.182 e. The van der Waals surface area contributed by atoms with Gasteiger partial charge in [-0.1, -0.05) is 0 Å². The van der Waals surface area contributed by atoms with Crippen LogP contribution < -0.4 is 4.74 Å². The summed E-state index contributed by atoms with van der Waals surface area (Å²) in [6, 6.07) is 1.32. The highest BCUT2D eigenvalue weighted by Crippen LogP contribution is 2.34. The Morgan fingerprint density at radius 3 is 2.92 bits per heavy atom. The predicted molar refractivity (Wildman–Crippen MR) is 47.9 cm³/mol. The number of rotatable bonds is 0. The standard InChI is InChI=1S/C9H7BrF2O/c10-7-6(11)4-5-2-1-3-13-9(5)8(7)12/h4H,1-3H2. The molecule has 4 heteroatoms. The molecule has 0 aromatic heterocycles. The van der Waals surface area contributed by atoms with E-state index in [1.807, 2.05) is 0 Å². The minimum absolute atomic E-state index is 0.145. The summed E-state index contributed by atoms with van der Waals surface area (Å²) in [5.41, 5.74) is 0.615. The zero-order chi connectivity index (χ0) is 9.42. The molecule has 13 heavy (non-hydrogen) atoms. The fourth-order valence-corrected chi connectivity index (χ4v) is 1.70. The van der Waals surface area contributed by atoms with Crippen LogP contribution in [0.4, 0.5) is 8.78 Å². The first kappa shape index (κ1) is 8.94. The minimum Gasteiger partial charge on any atom is -0.490 e. The zero-order valence-electron chi connectivity index (χ0n) is 6.74. The van der Waals surface area contributed by atoms with E-state index in [2.05, 4.69) is 15.9 Å². The van der Waals surface area contributed by atoms with Gasteiger partial charge in [0.05, 0.1) is 11.1 Å². The highest BCUT2D eigenvalue weighted by Gasteiger charge is 2.20. The molecule has 0 amide bonds. The van der Waals surface area contributed by atoms with Crippen LogP contribution in [0.15, 0.2) is 10.5 Å². The van der Waals surface area contributed by atoms with Crippen molar-refractivity contribution in [2.45, 2.75) is 12.8 Å². The minimum atomic E-state index is -0.630. The molecule has 1 heterocycles. The molecular formula is C9H7BrF2O. The molecule has 0 aliphatic carbocycles. The summed E-state index contributed by atoms with van der Waals surface area (Å²) in [5.74, 6) is -1.00. The van der Waals surface area contributed by atoms with E-state index in [1.54, 1.807) is 0 Å². The van der Waals surface area contributed by atoms with Crippen molar-refractivity contribution in [1.29, 1.82) is 0 Å². The molecule has 1 nitrogen and oxygen atoms in total. The summed E-state index contributed by atoms with van der Waals surface area (Å²) in [6.45, 7) is 0.502. The van der Waals surface area contributed by atoms with E-state index in [-0.39, 0.29) is 10.2 Å². The lowest BCUT2D eigenvalue weighted by Crippen LogP contribution is -2.11. The Kier molecular flexibility index (Phi) is 2.24. The average Bonchev–Trinajstić information content (AvgIpc) is 2.15. The third-order valence-corrected chi connectivity index (χ3v) is 2.76. The second-order valence-electron chi connectivity index (χ2n) is 2.93. The summed E-state index contributed by atoms with van der Waals surface area (Å²) in [4.78, 5) is 0. The van der Waals surface area contributed by atoms with Gasteiger partial charge in [0.2, 0.25) is 0 Å². The Bertz CT molecular complexity index is 352. The third-order valence-electron chi connectivity index (χ3n) is 2.03. The molecule has 2 rings (SSSR count). The van der Waals surface area contributed by atoms with Crippen LogP contribution in [0.3, 0.4) is 0 Å². The number of halogens is 3. The fourth-order valence-electron chi connectivity index (χ4n) is 1.41. The molecule has 0 radical (unpaired) electrons. The first-order valence-electron chi connectivity index (χ1n) is 3.99. The maximum absolute atomic E-state index is 13.3. The number of hydrogen-bond donors (Lipinski definition) is 0. The monoisotopic (exact) mass is 248 g/mol. The molecule has 0 saturated carbocycles. The Balaban J connectivity index is 2.60.